The molecule has 0 atom stereocenters. The molecule has 0 saturated carbocycles. The van der Waals surface area contributed by atoms with E-state index < -0.39 is 17.1 Å². The second-order valence-electron chi connectivity index (χ2n) is 4.34. The van der Waals surface area contributed by atoms with Crippen molar-refractivity contribution < 1.29 is 14.3 Å². The minimum absolute atomic E-state index is 0.123. The zero-order valence-corrected chi connectivity index (χ0v) is 9.62. The first-order valence-corrected chi connectivity index (χ1v) is 5.04. The van der Waals surface area contributed by atoms with Crippen LogP contribution in [-0.4, -0.2) is 17.6 Å². The summed E-state index contributed by atoms with van der Waals surface area (Å²) in [6.07, 6.45) is 0. The smallest absolute Gasteiger partial charge is 0.255 e. The van der Waals surface area contributed by atoms with Crippen molar-refractivity contribution in [3.05, 3.63) is 29.6 Å². The number of carbonyl (C=O) groups excluding carboxylic acids is 1. The summed E-state index contributed by atoms with van der Waals surface area (Å²) in [5.74, 6) is -1.50. The quantitative estimate of drug-likeness (QED) is 0.840. The zero-order valence-electron chi connectivity index (χ0n) is 9.62. The number of halogens is 1. The van der Waals surface area contributed by atoms with Crippen LogP contribution in [0.25, 0.3) is 0 Å². The molecule has 0 saturated heterocycles. The van der Waals surface area contributed by atoms with Crippen LogP contribution < -0.4 is 5.32 Å². The number of amides is 1. The Bertz CT molecular complexity index is 478. The number of phenols is 1. The molecule has 0 aliphatic rings. The normalized spacial score (nSPS) is 10.7. The second kappa shape index (κ2) is 4.83. The molecule has 0 aliphatic carbocycles. The first kappa shape index (κ1) is 13.0. The lowest BCUT2D eigenvalue weighted by molar-refractivity contribution is 0.0940. The number of hydrogen-bond acceptors (Lipinski definition) is 3. The minimum Gasteiger partial charge on any atom is -0.507 e. The van der Waals surface area contributed by atoms with Crippen molar-refractivity contribution in [2.24, 2.45) is 5.41 Å². The van der Waals surface area contributed by atoms with Gasteiger partial charge in [-0.15, -0.1) is 0 Å². The first-order chi connectivity index (χ1) is 7.85. The van der Waals surface area contributed by atoms with Gasteiger partial charge in [-0.2, -0.15) is 5.26 Å². The van der Waals surface area contributed by atoms with Gasteiger partial charge < -0.3 is 10.4 Å². The summed E-state index contributed by atoms with van der Waals surface area (Å²) in [4.78, 5) is 11.6. The van der Waals surface area contributed by atoms with Crippen molar-refractivity contribution in [3.63, 3.8) is 0 Å². The standard InChI is InChI=1S/C12H13FN2O2/c1-12(2,6-14)7-15-11(17)9-5-8(13)3-4-10(9)16/h3-5,16H,7H2,1-2H3,(H,15,17). The third kappa shape index (κ3) is 3.45. The Balaban J connectivity index is 2.78. The van der Waals surface area contributed by atoms with Crippen molar-refractivity contribution in [2.75, 3.05) is 6.54 Å². The van der Waals surface area contributed by atoms with E-state index in [1.54, 1.807) is 13.8 Å². The van der Waals surface area contributed by atoms with E-state index in [1.165, 1.54) is 0 Å². The lowest BCUT2D eigenvalue weighted by atomic mass is 9.96. The molecular weight excluding hydrogens is 223 g/mol. The largest absolute Gasteiger partial charge is 0.507 e. The van der Waals surface area contributed by atoms with Gasteiger partial charge in [-0.25, -0.2) is 4.39 Å². The predicted octanol–water partition coefficient (Wildman–Crippen LogP) is 1.81. The van der Waals surface area contributed by atoms with Gasteiger partial charge in [0.05, 0.1) is 17.0 Å². The summed E-state index contributed by atoms with van der Waals surface area (Å²) < 4.78 is 12.9. The molecular formula is C12H13FN2O2. The molecule has 17 heavy (non-hydrogen) atoms. The maximum absolute atomic E-state index is 12.9. The number of rotatable bonds is 3. The van der Waals surface area contributed by atoms with Gasteiger partial charge >= 0.3 is 0 Å². The van der Waals surface area contributed by atoms with Gasteiger partial charge in [0.2, 0.25) is 0 Å². The van der Waals surface area contributed by atoms with Crippen molar-refractivity contribution in [2.45, 2.75) is 13.8 Å². The molecule has 1 aromatic rings. The van der Waals surface area contributed by atoms with E-state index in [4.69, 9.17) is 5.26 Å². The Labute approximate surface area is 98.7 Å². The molecule has 2 N–H and O–H groups in total. The molecule has 0 heterocycles. The van der Waals surface area contributed by atoms with Crippen molar-refractivity contribution >= 4 is 5.91 Å². The molecule has 0 spiro atoms. The SMILES string of the molecule is CC(C)(C#N)CNC(=O)c1cc(F)ccc1O. The molecule has 4 nitrogen and oxygen atoms in total. The van der Waals surface area contributed by atoms with Crippen LogP contribution in [0.4, 0.5) is 4.39 Å². The average Bonchev–Trinajstić information content (AvgIpc) is 2.29. The van der Waals surface area contributed by atoms with Crippen LogP contribution >= 0.6 is 0 Å². The molecule has 1 amide bonds. The van der Waals surface area contributed by atoms with Crippen molar-refractivity contribution in [1.82, 2.24) is 5.32 Å². The molecule has 1 aromatic carbocycles. The number of nitriles is 1. The van der Waals surface area contributed by atoms with Gasteiger partial charge in [-0.05, 0) is 32.0 Å². The van der Waals surface area contributed by atoms with E-state index in [9.17, 15) is 14.3 Å². The number of nitrogens with zero attached hydrogens (tertiary/aromatic N) is 1. The summed E-state index contributed by atoms with van der Waals surface area (Å²) >= 11 is 0. The number of nitrogens with one attached hydrogen (secondary N) is 1. The molecule has 0 fully saturated rings. The second-order valence-corrected chi connectivity index (χ2v) is 4.34. The molecule has 90 valence electrons. The van der Waals surface area contributed by atoms with Crippen molar-refractivity contribution in [3.8, 4) is 11.8 Å². The van der Waals surface area contributed by atoms with E-state index in [0.29, 0.717) is 0 Å². The van der Waals surface area contributed by atoms with Gasteiger partial charge in [-0.1, -0.05) is 0 Å². The van der Waals surface area contributed by atoms with Crippen LogP contribution in [0, 0.1) is 22.6 Å². The number of carbonyl (C=O) groups is 1. The van der Waals surface area contributed by atoms with Gasteiger partial charge in [0.1, 0.15) is 11.6 Å². The Morgan fingerprint density at radius 2 is 2.24 bits per heavy atom. The van der Waals surface area contributed by atoms with Gasteiger partial charge in [0.25, 0.3) is 5.91 Å². The van der Waals surface area contributed by atoms with Crippen LogP contribution in [0.1, 0.15) is 24.2 Å². The monoisotopic (exact) mass is 236 g/mol. The summed E-state index contributed by atoms with van der Waals surface area (Å²) in [7, 11) is 0. The lowest BCUT2D eigenvalue weighted by Gasteiger charge is -2.16. The Morgan fingerprint density at radius 3 is 2.82 bits per heavy atom. The van der Waals surface area contributed by atoms with Crippen LogP contribution in [-0.2, 0) is 0 Å². The summed E-state index contributed by atoms with van der Waals surface area (Å²) in [5, 5.41) is 20.6. The molecule has 1 rings (SSSR count). The maximum Gasteiger partial charge on any atom is 0.255 e. The third-order valence-electron chi connectivity index (χ3n) is 2.20. The van der Waals surface area contributed by atoms with E-state index in [-0.39, 0.29) is 17.9 Å². The minimum atomic E-state index is -0.710. The highest BCUT2D eigenvalue weighted by atomic mass is 19.1. The fourth-order valence-electron chi connectivity index (χ4n) is 1.13. The van der Waals surface area contributed by atoms with E-state index in [0.717, 1.165) is 18.2 Å². The van der Waals surface area contributed by atoms with E-state index in [2.05, 4.69) is 5.32 Å². The Kier molecular flexibility index (Phi) is 3.69. The lowest BCUT2D eigenvalue weighted by Crippen LogP contribution is -2.33. The number of phenolic OH excluding ortho intramolecular Hbond substituents is 1. The Morgan fingerprint density at radius 1 is 1.59 bits per heavy atom. The summed E-state index contributed by atoms with van der Waals surface area (Å²) in [6.45, 7) is 3.45. The molecule has 0 aromatic heterocycles. The highest BCUT2D eigenvalue weighted by Gasteiger charge is 2.19. The number of hydrogen-bond donors (Lipinski definition) is 2. The van der Waals surface area contributed by atoms with Crippen LogP contribution in [0.5, 0.6) is 5.75 Å². The fourth-order valence-corrected chi connectivity index (χ4v) is 1.13. The molecule has 0 radical (unpaired) electrons. The predicted molar refractivity (Wildman–Crippen MR) is 59.8 cm³/mol. The summed E-state index contributed by atoms with van der Waals surface area (Å²) in [5.41, 5.74) is -0.850. The maximum atomic E-state index is 12.9. The van der Waals surface area contributed by atoms with Crippen LogP contribution in [0.3, 0.4) is 0 Å². The molecule has 0 aliphatic heterocycles. The zero-order chi connectivity index (χ0) is 13.1. The van der Waals surface area contributed by atoms with Gasteiger partial charge in [-0.3, -0.25) is 4.79 Å². The van der Waals surface area contributed by atoms with Crippen LogP contribution in [0.2, 0.25) is 0 Å². The average molecular weight is 236 g/mol. The third-order valence-corrected chi connectivity index (χ3v) is 2.20. The molecule has 5 heteroatoms. The highest BCUT2D eigenvalue weighted by molar-refractivity contribution is 5.96. The van der Waals surface area contributed by atoms with E-state index in [1.807, 2.05) is 6.07 Å². The van der Waals surface area contributed by atoms with Crippen LogP contribution in [0.15, 0.2) is 18.2 Å². The Hall–Kier alpha value is -2.09. The first-order valence-electron chi connectivity index (χ1n) is 5.04. The highest BCUT2D eigenvalue weighted by Crippen LogP contribution is 2.18. The molecule has 0 unspecified atom stereocenters. The van der Waals surface area contributed by atoms with Gasteiger partial charge in [0, 0.05) is 6.54 Å². The number of benzene rings is 1. The van der Waals surface area contributed by atoms with Crippen molar-refractivity contribution in [1.29, 1.82) is 5.26 Å². The molecule has 0 bridgehead atoms. The van der Waals surface area contributed by atoms with Gasteiger partial charge in [0.15, 0.2) is 0 Å². The summed E-state index contributed by atoms with van der Waals surface area (Å²) in [6, 6.07) is 5.14. The number of aromatic hydroxyl groups is 1. The van der Waals surface area contributed by atoms with E-state index >= 15 is 0 Å². The fraction of sp³-hybridized carbons (Fsp3) is 0.333. The topological polar surface area (TPSA) is 73.1 Å².